The largest absolute Gasteiger partial charge is 0.370 e. The lowest BCUT2D eigenvalue weighted by Gasteiger charge is -2.04. The summed E-state index contributed by atoms with van der Waals surface area (Å²) in [4.78, 5) is 8.21. The molecular formula is C12H11F2N3. The van der Waals surface area contributed by atoms with E-state index < -0.39 is 11.6 Å². The van der Waals surface area contributed by atoms with E-state index in [9.17, 15) is 8.78 Å². The molecule has 1 N–H and O–H groups in total. The summed E-state index contributed by atoms with van der Waals surface area (Å²) in [5, 5.41) is 3.02. The number of rotatable bonds is 3. The minimum absolute atomic E-state index is 0.363. The average Bonchev–Trinajstić information content (AvgIpc) is 2.33. The summed E-state index contributed by atoms with van der Waals surface area (Å²) in [5.74, 6) is -0.763. The monoisotopic (exact) mass is 235 g/mol. The Morgan fingerprint density at radius 1 is 1.18 bits per heavy atom. The molecule has 0 aliphatic rings. The van der Waals surface area contributed by atoms with Gasteiger partial charge in [-0.1, -0.05) is 0 Å². The average molecular weight is 235 g/mol. The van der Waals surface area contributed by atoms with Gasteiger partial charge in [-0.05, 0) is 31.2 Å². The molecule has 0 saturated heterocycles. The third-order valence-corrected chi connectivity index (χ3v) is 2.19. The van der Waals surface area contributed by atoms with Crippen molar-refractivity contribution in [2.75, 3.05) is 11.9 Å². The Bertz CT molecular complexity index is 529. The molecule has 88 valence electrons. The summed E-state index contributed by atoms with van der Waals surface area (Å²) in [6.45, 7) is 2.67. The summed E-state index contributed by atoms with van der Waals surface area (Å²) in [7, 11) is 0. The van der Waals surface area contributed by atoms with Crippen molar-refractivity contribution in [2.45, 2.75) is 6.92 Å². The number of nitrogens with one attached hydrogen (secondary N) is 1. The second kappa shape index (κ2) is 4.86. The molecule has 2 rings (SSSR count). The Labute approximate surface area is 97.5 Å². The van der Waals surface area contributed by atoms with Crippen molar-refractivity contribution < 1.29 is 8.78 Å². The van der Waals surface area contributed by atoms with Gasteiger partial charge in [0, 0.05) is 18.3 Å². The molecule has 3 nitrogen and oxygen atoms in total. The van der Waals surface area contributed by atoms with Crippen LogP contribution < -0.4 is 5.32 Å². The van der Waals surface area contributed by atoms with E-state index in [2.05, 4.69) is 15.3 Å². The summed E-state index contributed by atoms with van der Waals surface area (Å²) in [6, 6.07) is 5.31. The molecule has 0 radical (unpaired) electrons. The van der Waals surface area contributed by atoms with E-state index in [0.717, 1.165) is 18.7 Å². The van der Waals surface area contributed by atoms with Crippen LogP contribution in [0.1, 0.15) is 6.92 Å². The molecule has 2 aromatic rings. The maximum atomic E-state index is 13.1. The standard InChI is InChI=1S/C12H11F2N3/c1-2-15-11-5-6-16-12(17-11)8-3-4-9(13)10(14)7-8/h3-7H,2H2,1H3,(H,15,16,17). The second-order valence-electron chi connectivity index (χ2n) is 3.42. The number of halogens is 2. The van der Waals surface area contributed by atoms with E-state index in [0.29, 0.717) is 17.2 Å². The van der Waals surface area contributed by atoms with Crippen LogP contribution in [-0.2, 0) is 0 Å². The zero-order valence-electron chi connectivity index (χ0n) is 9.24. The molecule has 0 aliphatic heterocycles. The smallest absolute Gasteiger partial charge is 0.161 e. The van der Waals surface area contributed by atoms with Crippen molar-refractivity contribution in [1.82, 2.24) is 9.97 Å². The third kappa shape index (κ3) is 2.55. The van der Waals surface area contributed by atoms with E-state index in [1.807, 2.05) is 6.92 Å². The first-order chi connectivity index (χ1) is 8.20. The van der Waals surface area contributed by atoms with Gasteiger partial charge in [0.2, 0.25) is 0 Å². The third-order valence-electron chi connectivity index (χ3n) is 2.19. The van der Waals surface area contributed by atoms with Gasteiger partial charge < -0.3 is 5.32 Å². The van der Waals surface area contributed by atoms with Crippen LogP contribution in [-0.4, -0.2) is 16.5 Å². The van der Waals surface area contributed by atoms with Gasteiger partial charge in [-0.3, -0.25) is 0 Å². The molecule has 0 atom stereocenters. The first kappa shape index (κ1) is 11.4. The van der Waals surface area contributed by atoms with E-state index >= 15 is 0 Å². The van der Waals surface area contributed by atoms with Gasteiger partial charge in [-0.15, -0.1) is 0 Å². The van der Waals surface area contributed by atoms with E-state index in [1.54, 1.807) is 12.3 Å². The van der Waals surface area contributed by atoms with Gasteiger partial charge in [0.1, 0.15) is 5.82 Å². The molecule has 0 amide bonds. The van der Waals surface area contributed by atoms with Crippen LogP contribution in [0.15, 0.2) is 30.5 Å². The van der Waals surface area contributed by atoms with E-state index in [4.69, 9.17) is 0 Å². The number of anilines is 1. The number of benzene rings is 1. The number of aromatic nitrogens is 2. The zero-order chi connectivity index (χ0) is 12.3. The highest BCUT2D eigenvalue weighted by Gasteiger charge is 2.07. The number of nitrogens with zero attached hydrogens (tertiary/aromatic N) is 2. The van der Waals surface area contributed by atoms with Crippen LogP contribution in [0.5, 0.6) is 0 Å². The van der Waals surface area contributed by atoms with E-state index in [1.165, 1.54) is 6.07 Å². The predicted octanol–water partition coefficient (Wildman–Crippen LogP) is 2.85. The van der Waals surface area contributed by atoms with Gasteiger partial charge in [0.05, 0.1) is 0 Å². The molecule has 1 aromatic carbocycles. The van der Waals surface area contributed by atoms with Crippen LogP contribution in [0, 0.1) is 11.6 Å². The quantitative estimate of drug-likeness (QED) is 0.888. The van der Waals surface area contributed by atoms with Gasteiger partial charge in [-0.2, -0.15) is 0 Å². The molecule has 1 heterocycles. The summed E-state index contributed by atoms with van der Waals surface area (Å²) in [6.07, 6.45) is 1.57. The van der Waals surface area contributed by atoms with Crippen molar-refractivity contribution in [1.29, 1.82) is 0 Å². The van der Waals surface area contributed by atoms with E-state index in [-0.39, 0.29) is 0 Å². The molecule has 0 unspecified atom stereocenters. The molecular weight excluding hydrogens is 224 g/mol. The highest BCUT2D eigenvalue weighted by atomic mass is 19.2. The maximum absolute atomic E-state index is 13.1. The normalized spacial score (nSPS) is 10.3. The van der Waals surface area contributed by atoms with Crippen LogP contribution in [0.3, 0.4) is 0 Å². The number of hydrogen-bond donors (Lipinski definition) is 1. The highest BCUT2D eigenvalue weighted by Crippen LogP contribution is 2.18. The number of hydrogen-bond acceptors (Lipinski definition) is 3. The fourth-order valence-electron chi connectivity index (χ4n) is 1.41. The first-order valence-electron chi connectivity index (χ1n) is 5.23. The SMILES string of the molecule is CCNc1ccnc(-c2ccc(F)c(F)c2)n1. The molecule has 1 aromatic heterocycles. The maximum Gasteiger partial charge on any atom is 0.161 e. The summed E-state index contributed by atoms with van der Waals surface area (Å²) in [5.41, 5.74) is 0.448. The van der Waals surface area contributed by atoms with Gasteiger partial charge in [0.15, 0.2) is 17.5 Å². The lowest BCUT2D eigenvalue weighted by atomic mass is 10.2. The minimum Gasteiger partial charge on any atom is -0.370 e. The Kier molecular flexibility index (Phi) is 3.27. The molecule has 0 spiro atoms. The highest BCUT2D eigenvalue weighted by molar-refractivity contribution is 5.56. The van der Waals surface area contributed by atoms with Gasteiger partial charge >= 0.3 is 0 Å². The predicted molar refractivity (Wildman–Crippen MR) is 61.5 cm³/mol. The Morgan fingerprint density at radius 2 is 2.00 bits per heavy atom. The van der Waals surface area contributed by atoms with Crippen LogP contribution in [0.25, 0.3) is 11.4 Å². The summed E-state index contributed by atoms with van der Waals surface area (Å²) < 4.78 is 25.9. The Hall–Kier alpha value is -2.04. The fourth-order valence-corrected chi connectivity index (χ4v) is 1.41. The molecule has 0 bridgehead atoms. The molecule has 17 heavy (non-hydrogen) atoms. The lowest BCUT2D eigenvalue weighted by molar-refractivity contribution is 0.509. The summed E-state index contributed by atoms with van der Waals surface area (Å²) >= 11 is 0. The Balaban J connectivity index is 2.38. The van der Waals surface area contributed by atoms with Gasteiger partial charge in [0.25, 0.3) is 0 Å². The molecule has 0 aliphatic carbocycles. The minimum atomic E-state index is -0.903. The van der Waals surface area contributed by atoms with Crippen LogP contribution in [0.2, 0.25) is 0 Å². The molecule has 0 saturated carbocycles. The second-order valence-corrected chi connectivity index (χ2v) is 3.42. The van der Waals surface area contributed by atoms with Crippen molar-refractivity contribution in [3.8, 4) is 11.4 Å². The lowest BCUT2D eigenvalue weighted by Crippen LogP contribution is -2.01. The van der Waals surface area contributed by atoms with Gasteiger partial charge in [-0.25, -0.2) is 18.7 Å². The molecule has 5 heteroatoms. The molecule has 0 fully saturated rings. The van der Waals surface area contributed by atoms with Crippen molar-refractivity contribution in [3.63, 3.8) is 0 Å². The van der Waals surface area contributed by atoms with Crippen LogP contribution in [0.4, 0.5) is 14.6 Å². The zero-order valence-corrected chi connectivity index (χ0v) is 9.24. The van der Waals surface area contributed by atoms with Crippen molar-refractivity contribution in [3.05, 3.63) is 42.1 Å². The Morgan fingerprint density at radius 3 is 2.71 bits per heavy atom. The van der Waals surface area contributed by atoms with Crippen molar-refractivity contribution >= 4 is 5.82 Å². The van der Waals surface area contributed by atoms with Crippen molar-refractivity contribution in [2.24, 2.45) is 0 Å². The first-order valence-corrected chi connectivity index (χ1v) is 5.23. The fraction of sp³-hybridized carbons (Fsp3) is 0.167. The van der Waals surface area contributed by atoms with Crippen LogP contribution >= 0.6 is 0 Å². The topological polar surface area (TPSA) is 37.8 Å².